The lowest BCUT2D eigenvalue weighted by Crippen LogP contribution is -2.09. The first-order chi connectivity index (χ1) is 13.5. The molecular formula is C19H13BrF3N3O2. The Morgan fingerprint density at radius 2 is 2.14 bits per heavy atom. The van der Waals surface area contributed by atoms with Gasteiger partial charge in [-0.15, -0.1) is 0 Å². The Labute approximate surface area is 166 Å². The van der Waals surface area contributed by atoms with E-state index in [2.05, 4.69) is 20.9 Å². The molecule has 0 bridgehead atoms. The van der Waals surface area contributed by atoms with Crippen LogP contribution in [-0.4, -0.2) is 22.6 Å². The Hall–Kier alpha value is -2.57. The van der Waals surface area contributed by atoms with E-state index in [-0.39, 0.29) is 22.7 Å². The summed E-state index contributed by atoms with van der Waals surface area (Å²) in [4.78, 5) is 4.47. The van der Waals surface area contributed by atoms with Crippen molar-refractivity contribution in [3.63, 3.8) is 0 Å². The number of nitriles is 1. The average molecular weight is 452 g/mol. The largest absolute Gasteiger partial charge is 0.435 e. The highest BCUT2D eigenvalue weighted by molar-refractivity contribution is 9.10. The quantitative estimate of drug-likeness (QED) is 0.550. The molecule has 0 amide bonds. The second-order valence-electron chi connectivity index (χ2n) is 6.24. The van der Waals surface area contributed by atoms with Crippen LogP contribution in [0.1, 0.15) is 35.4 Å². The number of hydrogen-bond donors (Lipinski definition) is 0. The molecule has 0 aliphatic heterocycles. The molecule has 2 atom stereocenters. The van der Waals surface area contributed by atoms with E-state index in [1.165, 1.54) is 12.1 Å². The molecule has 1 aromatic carbocycles. The molecule has 144 valence electrons. The Kier molecular flexibility index (Phi) is 5.00. The van der Waals surface area contributed by atoms with Crippen molar-refractivity contribution in [2.24, 2.45) is 0 Å². The van der Waals surface area contributed by atoms with E-state index in [1.807, 2.05) is 6.07 Å². The first-order valence-electron chi connectivity index (χ1n) is 8.38. The maximum Gasteiger partial charge on any atom is 0.387 e. The van der Waals surface area contributed by atoms with Crippen LogP contribution in [0.4, 0.5) is 13.2 Å². The SMILES string of the molecule is N#CCOC1CC(c2ccccc2OC(F)F)c2c1nc1cc(F)c(Br)cn21. The van der Waals surface area contributed by atoms with Gasteiger partial charge >= 0.3 is 6.61 Å². The van der Waals surface area contributed by atoms with Gasteiger partial charge < -0.3 is 13.9 Å². The summed E-state index contributed by atoms with van der Waals surface area (Å²) >= 11 is 3.17. The molecule has 1 aliphatic carbocycles. The van der Waals surface area contributed by atoms with E-state index in [9.17, 15) is 13.2 Å². The lowest BCUT2D eigenvalue weighted by molar-refractivity contribution is -0.0506. The summed E-state index contributed by atoms with van der Waals surface area (Å²) in [6.45, 7) is -3.10. The molecular weight excluding hydrogens is 439 g/mol. The van der Waals surface area contributed by atoms with E-state index < -0.39 is 18.5 Å². The molecule has 1 aliphatic rings. The molecule has 9 heteroatoms. The Balaban J connectivity index is 1.88. The molecule has 0 N–H and O–H groups in total. The Morgan fingerprint density at radius 1 is 1.36 bits per heavy atom. The molecule has 2 unspecified atom stereocenters. The van der Waals surface area contributed by atoms with Gasteiger partial charge in [-0.3, -0.25) is 0 Å². The number of aromatic nitrogens is 2. The summed E-state index contributed by atoms with van der Waals surface area (Å²) in [5.74, 6) is -0.782. The van der Waals surface area contributed by atoms with Crippen LogP contribution in [0.2, 0.25) is 0 Å². The average Bonchev–Trinajstić information content (AvgIpc) is 3.18. The topological polar surface area (TPSA) is 59.5 Å². The molecule has 0 spiro atoms. The lowest BCUT2D eigenvalue weighted by Gasteiger charge is -2.18. The predicted molar refractivity (Wildman–Crippen MR) is 96.7 cm³/mol. The predicted octanol–water partition coefficient (Wildman–Crippen LogP) is 4.95. The fourth-order valence-electron chi connectivity index (χ4n) is 3.63. The minimum Gasteiger partial charge on any atom is -0.435 e. The number of nitrogens with zero attached hydrogens (tertiary/aromatic N) is 3. The van der Waals surface area contributed by atoms with E-state index in [0.29, 0.717) is 29.0 Å². The van der Waals surface area contributed by atoms with E-state index in [4.69, 9.17) is 14.7 Å². The minimum atomic E-state index is -2.96. The molecule has 2 heterocycles. The zero-order valence-electron chi connectivity index (χ0n) is 14.3. The summed E-state index contributed by atoms with van der Waals surface area (Å²) in [6, 6.07) is 9.73. The molecule has 0 saturated carbocycles. The number of alkyl halides is 2. The highest BCUT2D eigenvalue weighted by atomic mass is 79.9. The first-order valence-corrected chi connectivity index (χ1v) is 9.18. The number of benzene rings is 1. The van der Waals surface area contributed by atoms with Gasteiger partial charge in [0, 0.05) is 23.7 Å². The number of ether oxygens (including phenoxy) is 2. The summed E-state index contributed by atoms with van der Waals surface area (Å²) < 4.78 is 52.0. The zero-order chi connectivity index (χ0) is 19.8. The molecule has 0 radical (unpaired) electrons. The normalized spacial score (nSPS) is 18.4. The number of halogens is 4. The van der Waals surface area contributed by atoms with Crippen LogP contribution in [-0.2, 0) is 4.74 Å². The van der Waals surface area contributed by atoms with Crippen molar-refractivity contribution in [3.05, 3.63) is 63.8 Å². The van der Waals surface area contributed by atoms with Gasteiger partial charge in [-0.25, -0.2) is 9.37 Å². The number of fused-ring (bicyclic) bond motifs is 3. The molecule has 0 saturated heterocycles. The van der Waals surface area contributed by atoms with Crippen LogP contribution in [0.25, 0.3) is 5.65 Å². The molecule has 5 nitrogen and oxygen atoms in total. The monoisotopic (exact) mass is 451 g/mol. The summed E-state index contributed by atoms with van der Waals surface area (Å²) in [5, 5.41) is 8.85. The second-order valence-corrected chi connectivity index (χ2v) is 7.10. The summed E-state index contributed by atoms with van der Waals surface area (Å²) in [6.07, 6.45) is 1.44. The number of rotatable bonds is 5. The van der Waals surface area contributed by atoms with Gasteiger partial charge in [0.2, 0.25) is 0 Å². The van der Waals surface area contributed by atoms with Crippen LogP contribution in [0.5, 0.6) is 5.75 Å². The maximum atomic E-state index is 14.0. The lowest BCUT2D eigenvalue weighted by atomic mass is 9.95. The fraction of sp³-hybridized carbons (Fsp3) is 0.263. The van der Waals surface area contributed by atoms with Crippen LogP contribution in [0, 0.1) is 17.1 Å². The van der Waals surface area contributed by atoms with E-state index in [0.717, 1.165) is 0 Å². The highest BCUT2D eigenvalue weighted by Crippen LogP contribution is 2.48. The van der Waals surface area contributed by atoms with Crippen LogP contribution in [0.3, 0.4) is 0 Å². The van der Waals surface area contributed by atoms with Crippen molar-refractivity contribution < 1.29 is 22.6 Å². The van der Waals surface area contributed by atoms with E-state index in [1.54, 1.807) is 28.8 Å². The van der Waals surface area contributed by atoms with Crippen molar-refractivity contribution in [2.75, 3.05) is 6.61 Å². The van der Waals surface area contributed by atoms with Gasteiger partial charge in [0.05, 0.1) is 21.9 Å². The van der Waals surface area contributed by atoms with Crippen molar-refractivity contribution in [3.8, 4) is 11.8 Å². The molecule has 2 aromatic heterocycles. The Bertz CT molecular complexity index is 1080. The molecule has 4 rings (SSSR count). The molecule has 0 fully saturated rings. The number of para-hydroxylation sites is 1. The number of imidazole rings is 1. The van der Waals surface area contributed by atoms with Crippen molar-refractivity contribution in [2.45, 2.75) is 25.1 Å². The van der Waals surface area contributed by atoms with Crippen molar-refractivity contribution >= 4 is 21.6 Å². The van der Waals surface area contributed by atoms with Gasteiger partial charge in [-0.1, -0.05) is 18.2 Å². The van der Waals surface area contributed by atoms with Gasteiger partial charge in [0.1, 0.15) is 29.9 Å². The van der Waals surface area contributed by atoms with Gasteiger partial charge in [-0.2, -0.15) is 14.0 Å². The zero-order valence-corrected chi connectivity index (χ0v) is 15.9. The third-order valence-electron chi connectivity index (χ3n) is 4.67. The van der Waals surface area contributed by atoms with Crippen LogP contribution < -0.4 is 4.74 Å². The van der Waals surface area contributed by atoms with Crippen molar-refractivity contribution in [1.29, 1.82) is 5.26 Å². The van der Waals surface area contributed by atoms with Gasteiger partial charge in [0.25, 0.3) is 0 Å². The number of hydrogen-bond acceptors (Lipinski definition) is 4. The Morgan fingerprint density at radius 3 is 2.89 bits per heavy atom. The third-order valence-corrected chi connectivity index (χ3v) is 5.26. The molecule has 3 aromatic rings. The summed E-state index contributed by atoms with van der Waals surface area (Å²) in [7, 11) is 0. The number of pyridine rings is 1. The second kappa shape index (κ2) is 7.45. The fourth-order valence-corrected chi connectivity index (χ4v) is 3.95. The first kappa shape index (κ1) is 18.8. The summed E-state index contributed by atoms with van der Waals surface area (Å²) in [5.41, 5.74) is 2.18. The van der Waals surface area contributed by atoms with Crippen LogP contribution in [0.15, 0.2) is 41.0 Å². The minimum absolute atomic E-state index is 0.0607. The standard InChI is InChI=1S/C19H13BrF3N3O2/c20-12-9-26-16(8-13(12)21)25-17-15(27-6-5-24)7-11(18(17)26)10-3-1-2-4-14(10)28-19(22)23/h1-4,8-9,11,15,19H,6-7H2. The highest BCUT2D eigenvalue weighted by Gasteiger charge is 2.39. The van der Waals surface area contributed by atoms with Crippen molar-refractivity contribution in [1.82, 2.24) is 9.38 Å². The smallest absolute Gasteiger partial charge is 0.387 e. The third kappa shape index (κ3) is 3.23. The van der Waals surface area contributed by atoms with Gasteiger partial charge in [-0.05, 0) is 28.4 Å². The van der Waals surface area contributed by atoms with Crippen LogP contribution >= 0.6 is 15.9 Å². The van der Waals surface area contributed by atoms with E-state index >= 15 is 0 Å². The van der Waals surface area contributed by atoms with Gasteiger partial charge in [0.15, 0.2) is 0 Å². The molecule has 28 heavy (non-hydrogen) atoms. The maximum absolute atomic E-state index is 14.0.